The maximum absolute atomic E-state index is 12.2. The lowest BCUT2D eigenvalue weighted by Gasteiger charge is -2.08. The summed E-state index contributed by atoms with van der Waals surface area (Å²) < 4.78 is 0. The van der Waals surface area contributed by atoms with Crippen LogP contribution in [-0.2, 0) is 0 Å². The first-order chi connectivity index (χ1) is 9.74. The lowest BCUT2D eigenvalue weighted by molar-refractivity contribution is 0.102. The Morgan fingerprint density at radius 2 is 1.95 bits per heavy atom. The third-order valence-corrected chi connectivity index (χ3v) is 3.25. The summed E-state index contributed by atoms with van der Waals surface area (Å²) in [7, 11) is 0. The van der Waals surface area contributed by atoms with Gasteiger partial charge in [0.1, 0.15) is 0 Å². The van der Waals surface area contributed by atoms with Crippen LogP contribution in [0.5, 0.6) is 0 Å². The average molecular weight is 283 g/mol. The quantitative estimate of drug-likeness (QED) is 0.767. The Balaban J connectivity index is 1.95. The Morgan fingerprint density at radius 3 is 2.80 bits per heavy atom. The lowest BCUT2D eigenvalue weighted by Crippen LogP contribution is -2.12. The van der Waals surface area contributed by atoms with Gasteiger partial charge >= 0.3 is 0 Å². The van der Waals surface area contributed by atoms with Gasteiger partial charge in [0.2, 0.25) is 0 Å². The minimum atomic E-state index is -0.184. The van der Waals surface area contributed by atoms with Gasteiger partial charge < -0.3 is 5.32 Å². The zero-order chi connectivity index (χ0) is 13.9. The number of nitrogens with zero attached hydrogens (tertiary/aromatic N) is 1. The molecule has 0 saturated heterocycles. The van der Waals surface area contributed by atoms with Gasteiger partial charge in [-0.3, -0.25) is 9.78 Å². The van der Waals surface area contributed by atoms with Gasteiger partial charge in [0.05, 0.1) is 0 Å². The highest BCUT2D eigenvalue weighted by Crippen LogP contribution is 2.23. The van der Waals surface area contributed by atoms with E-state index in [2.05, 4.69) is 10.3 Å². The molecule has 0 bridgehead atoms. The van der Waals surface area contributed by atoms with Gasteiger partial charge in [0, 0.05) is 39.4 Å². The maximum Gasteiger partial charge on any atom is 0.255 e. The predicted molar refractivity (Wildman–Crippen MR) is 81.1 cm³/mol. The largest absolute Gasteiger partial charge is 0.321 e. The molecule has 1 N–H and O–H groups in total. The van der Waals surface area contributed by atoms with Crippen molar-refractivity contribution >= 4 is 34.0 Å². The van der Waals surface area contributed by atoms with Crippen LogP contribution in [0.4, 0.5) is 5.69 Å². The number of amides is 1. The van der Waals surface area contributed by atoms with Crippen LogP contribution in [0.15, 0.2) is 60.9 Å². The SMILES string of the molecule is O=C(Nc1cccc2cnccc12)c1cccc(Cl)c1. The van der Waals surface area contributed by atoms with E-state index < -0.39 is 0 Å². The first kappa shape index (κ1) is 12.6. The molecule has 0 aliphatic rings. The number of fused-ring (bicyclic) bond motifs is 1. The maximum atomic E-state index is 12.2. The molecule has 0 fully saturated rings. The summed E-state index contributed by atoms with van der Waals surface area (Å²) in [6.45, 7) is 0. The summed E-state index contributed by atoms with van der Waals surface area (Å²) in [6, 6.07) is 14.5. The number of aromatic nitrogens is 1. The van der Waals surface area contributed by atoms with Gasteiger partial charge in [0.15, 0.2) is 0 Å². The minimum absolute atomic E-state index is 0.184. The van der Waals surface area contributed by atoms with Gasteiger partial charge in [0.25, 0.3) is 5.91 Å². The zero-order valence-corrected chi connectivity index (χ0v) is 11.3. The smallest absolute Gasteiger partial charge is 0.255 e. The van der Waals surface area contributed by atoms with E-state index >= 15 is 0 Å². The Bertz CT molecular complexity index is 781. The summed E-state index contributed by atoms with van der Waals surface area (Å²) in [5.74, 6) is -0.184. The summed E-state index contributed by atoms with van der Waals surface area (Å²) in [6.07, 6.45) is 3.47. The molecule has 0 aliphatic heterocycles. The number of hydrogen-bond acceptors (Lipinski definition) is 2. The lowest BCUT2D eigenvalue weighted by atomic mass is 10.1. The normalized spacial score (nSPS) is 10.4. The Labute approximate surface area is 121 Å². The van der Waals surface area contributed by atoms with Gasteiger partial charge in [-0.05, 0) is 30.3 Å². The number of anilines is 1. The summed E-state index contributed by atoms with van der Waals surface area (Å²) >= 11 is 5.90. The van der Waals surface area contributed by atoms with Crippen molar-refractivity contribution in [3.63, 3.8) is 0 Å². The highest BCUT2D eigenvalue weighted by atomic mass is 35.5. The molecule has 0 spiro atoms. The van der Waals surface area contributed by atoms with Gasteiger partial charge in [-0.1, -0.05) is 29.8 Å². The van der Waals surface area contributed by atoms with E-state index in [9.17, 15) is 4.79 Å². The standard InChI is InChI=1S/C16H11ClN2O/c17-13-5-1-3-11(9-13)16(20)19-15-6-2-4-12-10-18-8-7-14(12)15/h1-10H,(H,19,20). The van der Waals surface area contributed by atoms with Crippen LogP contribution in [0, 0.1) is 0 Å². The van der Waals surface area contributed by atoms with Crippen LogP contribution in [0.2, 0.25) is 5.02 Å². The molecule has 98 valence electrons. The molecule has 3 aromatic rings. The third kappa shape index (κ3) is 2.49. The average Bonchev–Trinajstić information content (AvgIpc) is 2.47. The first-order valence-electron chi connectivity index (χ1n) is 6.14. The second kappa shape index (κ2) is 5.31. The van der Waals surface area contributed by atoms with E-state index in [0.717, 1.165) is 16.5 Å². The molecule has 0 atom stereocenters. The van der Waals surface area contributed by atoms with E-state index in [0.29, 0.717) is 10.6 Å². The molecule has 1 heterocycles. The van der Waals surface area contributed by atoms with E-state index in [-0.39, 0.29) is 5.91 Å². The number of rotatable bonds is 2. The molecule has 3 nitrogen and oxygen atoms in total. The number of pyridine rings is 1. The van der Waals surface area contributed by atoms with Crippen molar-refractivity contribution in [3.8, 4) is 0 Å². The highest BCUT2D eigenvalue weighted by Gasteiger charge is 2.08. The van der Waals surface area contributed by atoms with Gasteiger partial charge in [-0.15, -0.1) is 0 Å². The molecular weight excluding hydrogens is 272 g/mol. The number of nitrogens with one attached hydrogen (secondary N) is 1. The Morgan fingerprint density at radius 1 is 1.10 bits per heavy atom. The second-order valence-electron chi connectivity index (χ2n) is 4.37. The van der Waals surface area contributed by atoms with Crippen LogP contribution < -0.4 is 5.32 Å². The molecule has 2 aromatic carbocycles. The summed E-state index contributed by atoms with van der Waals surface area (Å²) in [5.41, 5.74) is 1.29. The molecular formula is C16H11ClN2O. The molecule has 4 heteroatoms. The van der Waals surface area contributed by atoms with Crippen molar-refractivity contribution in [2.75, 3.05) is 5.32 Å². The van der Waals surface area contributed by atoms with Crippen LogP contribution in [0.3, 0.4) is 0 Å². The second-order valence-corrected chi connectivity index (χ2v) is 4.80. The molecule has 3 rings (SSSR count). The molecule has 1 aromatic heterocycles. The monoisotopic (exact) mass is 282 g/mol. The Hall–Kier alpha value is -2.39. The van der Waals surface area contributed by atoms with Crippen molar-refractivity contribution in [2.24, 2.45) is 0 Å². The van der Waals surface area contributed by atoms with E-state index in [1.54, 1.807) is 36.7 Å². The number of benzene rings is 2. The van der Waals surface area contributed by atoms with Crippen molar-refractivity contribution < 1.29 is 4.79 Å². The van der Waals surface area contributed by atoms with Crippen molar-refractivity contribution in [1.29, 1.82) is 0 Å². The van der Waals surface area contributed by atoms with Crippen molar-refractivity contribution in [1.82, 2.24) is 4.98 Å². The highest BCUT2D eigenvalue weighted by molar-refractivity contribution is 6.31. The molecule has 1 amide bonds. The van der Waals surface area contributed by atoms with E-state index in [4.69, 9.17) is 11.6 Å². The zero-order valence-electron chi connectivity index (χ0n) is 10.5. The third-order valence-electron chi connectivity index (χ3n) is 3.02. The van der Waals surface area contributed by atoms with E-state index in [1.165, 1.54) is 0 Å². The van der Waals surface area contributed by atoms with Gasteiger partial charge in [-0.25, -0.2) is 0 Å². The van der Waals surface area contributed by atoms with Crippen LogP contribution in [-0.4, -0.2) is 10.9 Å². The minimum Gasteiger partial charge on any atom is -0.321 e. The number of halogens is 1. The topological polar surface area (TPSA) is 42.0 Å². The predicted octanol–water partition coefficient (Wildman–Crippen LogP) is 4.14. The number of carbonyl (C=O) groups is 1. The molecule has 20 heavy (non-hydrogen) atoms. The molecule has 0 radical (unpaired) electrons. The first-order valence-corrected chi connectivity index (χ1v) is 6.51. The summed E-state index contributed by atoms with van der Waals surface area (Å²) in [4.78, 5) is 16.3. The van der Waals surface area contributed by atoms with Crippen LogP contribution >= 0.6 is 11.6 Å². The molecule has 0 aliphatic carbocycles. The van der Waals surface area contributed by atoms with Crippen LogP contribution in [0.25, 0.3) is 10.8 Å². The fourth-order valence-electron chi connectivity index (χ4n) is 2.06. The molecule has 0 unspecified atom stereocenters. The van der Waals surface area contributed by atoms with Gasteiger partial charge in [-0.2, -0.15) is 0 Å². The molecule has 0 saturated carbocycles. The van der Waals surface area contributed by atoms with Crippen LogP contribution in [0.1, 0.15) is 10.4 Å². The number of hydrogen-bond donors (Lipinski definition) is 1. The fraction of sp³-hybridized carbons (Fsp3) is 0. The fourth-order valence-corrected chi connectivity index (χ4v) is 2.25. The van der Waals surface area contributed by atoms with E-state index in [1.807, 2.05) is 24.3 Å². The van der Waals surface area contributed by atoms with Crippen molar-refractivity contribution in [3.05, 3.63) is 71.5 Å². The summed E-state index contributed by atoms with van der Waals surface area (Å²) in [5, 5.41) is 5.38. The Kier molecular flexibility index (Phi) is 3.35. The van der Waals surface area contributed by atoms with Crippen molar-refractivity contribution in [2.45, 2.75) is 0 Å². The number of carbonyl (C=O) groups excluding carboxylic acids is 1.